The molecule has 0 aliphatic carbocycles. The molecule has 0 saturated heterocycles. The summed E-state index contributed by atoms with van der Waals surface area (Å²) in [6, 6.07) is 16.2. The van der Waals surface area contributed by atoms with Crippen LogP contribution in [-0.4, -0.2) is 23.0 Å². The van der Waals surface area contributed by atoms with Gasteiger partial charge in [0, 0.05) is 32.1 Å². The SMILES string of the molecule is CC[C@H](C)c1nc2ccc(Br)cc2c(=O)n1N=Cc1cc(Cl)cc(OC)c1OCc1ccc(Cl)cc1. The van der Waals surface area contributed by atoms with E-state index in [4.69, 9.17) is 37.7 Å². The van der Waals surface area contributed by atoms with Gasteiger partial charge in [-0.25, -0.2) is 4.98 Å². The summed E-state index contributed by atoms with van der Waals surface area (Å²) in [5.74, 6) is 1.49. The highest BCUT2D eigenvalue weighted by molar-refractivity contribution is 9.10. The predicted octanol–water partition coefficient (Wildman–Crippen LogP) is 7.45. The molecule has 0 N–H and O–H groups in total. The molecule has 4 aromatic rings. The van der Waals surface area contributed by atoms with Gasteiger partial charge in [-0.3, -0.25) is 4.79 Å². The van der Waals surface area contributed by atoms with Gasteiger partial charge in [0.25, 0.3) is 5.56 Å². The molecule has 4 rings (SSSR count). The first kappa shape index (κ1) is 26.2. The van der Waals surface area contributed by atoms with Gasteiger partial charge in [0.05, 0.1) is 24.2 Å². The van der Waals surface area contributed by atoms with Crippen LogP contribution in [-0.2, 0) is 6.61 Å². The number of aromatic nitrogens is 2. The molecule has 1 atom stereocenters. The molecule has 0 saturated carbocycles. The fourth-order valence-corrected chi connectivity index (χ4v) is 4.33. The lowest BCUT2D eigenvalue weighted by atomic mass is 10.1. The maximum atomic E-state index is 13.5. The van der Waals surface area contributed by atoms with Crippen molar-refractivity contribution in [2.75, 3.05) is 7.11 Å². The van der Waals surface area contributed by atoms with Crippen molar-refractivity contribution in [2.24, 2.45) is 5.10 Å². The second-order valence-corrected chi connectivity index (χ2v) is 10.0. The number of hydrogen-bond acceptors (Lipinski definition) is 5. The van der Waals surface area contributed by atoms with Crippen LogP contribution in [0.3, 0.4) is 0 Å². The van der Waals surface area contributed by atoms with E-state index in [1.807, 2.05) is 38.1 Å². The summed E-state index contributed by atoms with van der Waals surface area (Å²) in [5, 5.41) is 6.12. The standard InChI is InChI=1S/C27H24BrCl2N3O3/c1-4-16(2)26-32-23-10-7-19(28)12-22(23)27(34)33(26)31-14-18-11-21(30)13-24(35-3)25(18)36-15-17-5-8-20(29)9-6-17/h5-14,16H,4,15H2,1-3H3/t16-/m0/s1. The van der Waals surface area contributed by atoms with Crippen LogP contribution in [0.25, 0.3) is 10.9 Å². The Hall–Kier alpha value is -2.87. The van der Waals surface area contributed by atoms with E-state index in [9.17, 15) is 4.79 Å². The topological polar surface area (TPSA) is 65.7 Å². The molecule has 3 aromatic carbocycles. The molecule has 1 heterocycles. The molecule has 0 fully saturated rings. The van der Waals surface area contributed by atoms with E-state index in [0.29, 0.717) is 43.8 Å². The highest BCUT2D eigenvalue weighted by Gasteiger charge is 2.17. The van der Waals surface area contributed by atoms with Gasteiger partial charge in [-0.15, -0.1) is 0 Å². The second kappa shape index (κ2) is 11.5. The van der Waals surface area contributed by atoms with Crippen LogP contribution in [0.5, 0.6) is 11.5 Å². The first-order chi connectivity index (χ1) is 17.3. The fourth-order valence-electron chi connectivity index (χ4n) is 3.63. The van der Waals surface area contributed by atoms with Crippen molar-refractivity contribution in [3.63, 3.8) is 0 Å². The number of halogens is 3. The molecular weight excluding hydrogens is 565 g/mol. The Bertz CT molecular complexity index is 1490. The van der Waals surface area contributed by atoms with Crippen LogP contribution in [0.15, 0.2) is 69.0 Å². The summed E-state index contributed by atoms with van der Waals surface area (Å²) in [6.07, 6.45) is 2.34. The number of methoxy groups -OCH3 is 1. The Labute approximate surface area is 227 Å². The lowest BCUT2D eigenvalue weighted by Crippen LogP contribution is -2.23. The van der Waals surface area contributed by atoms with Gasteiger partial charge in [-0.05, 0) is 48.4 Å². The Morgan fingerprint density at radius 3 is 2.56 bits per heavy atom. The van der Waals surface area contributed by atoms with Crippen molar-refractivity contribution in [1.29, 1.82) is 0 Å². The van der Waals surface area contributed by atoms with Crippen molar-refractivity contribution in [2.45, 2.75) is 32.8 Å². The van der Waals surface area contributed by atoms with Gasteiger partial charge in [-0.1, -0.05) is 65.1 Å². The Kier molecular flexibility index (Phi) is 8.34. The number of rotatable bonds is 8. The van der Waals surface area contributed by atoms with Crippen LogP contribution in [0.4, 0.5) is 0 Å². The van der Waals surface area contributed by atoms with Crippen LogP contribution in [0.1, 0.15) is 43.1 Å². The number of hydrogen-bond donors (Lipinski definition) is 0. The van der Waals surface area contributed by atoms with Crippen molar-refractivity contribution in [3.05, 3.63) is 96.4 Å². The molecule has 1 aromatic heterocycles. The van der Waals surface area contributed by atoms with Crippen LogP contribution in [0, 0.1) is 0 Å². The summed E-state index contributed by atoms with van der Waals surface area (Å²) < 4.78 is 13.8. The van der Waals surface area contributed by atoms with Gasteiger partial charge in [0.15, 0.2) is 11.5 Å². The summed E-state index contributed by atoms with van der Waals surface area (Å²) in [7, 11) is 1.54. The molecule has 0 radical (unpaired) electrons. The average Bonchev–Trinajstić information content (AvgIpc) is 2.87. The van der Waals surface area contributed by atoms with E-state index in [-0.39, 0.29) is 18.1 Å². The first-order valence-corrected chi connectivity index (χ1v) is 12.9. The van der Waals surface area contributed by atoms with Crippen molar-refractivity contribution >= 4 is 56.2 Å². The van der Waals surface area contributed by atoms with E-state index in [0.717, 1.165) is 16.5 Å². The zero-order valence-corrected chi connectivity index (χ0v) is 23.1. The molecule has 6 nitrogen and oxygen atoms in total. The molecule has 0 bridgehead atoms. The zero-order valence-electron chi connectivity index (χ0n) is 20.0. The quantitative estimate of drug-likeness (QED) is 0.200. The molecular formula is C27H24BrCl2N3O3. The van der Waals surface area contributed by atoms with Gasteiger partial charge in [-0.2, -0.15) is 9.78 Å². The maximum Gasteiger partial charge on any atom is 0.282 e. The van der Waals surface area contributed by atoms with Gasteiger partial charge >= 0.3 is 0 Å². The lowest BCUT2D eigenvalue weighted by Gasteiger charge is -2.15. The van der Waals surface area contributed by atoms with Crippen molar-refractivity contribution < 1.29 is 9.47 Å². The van der Waals surface area contributed by atoms with E-state index < -0.39 is 0 Å². The number of fused-ring (bicyclic) bond motifs is 1. The smallest absolute Gasteiger partial charge is 0.282 e. The molecule has 0 spiro atoms. The number of benzene rings is 3. The van der Waals surface area contributed by atoms with E-state index >= 15 is 0 Å². The normalized spacial score (nSPS) is 12.3. The van der Waals surface area contributed by atoms with Crippen LogP contribution >= 0.6 is 39.1 Å². The van der Waals surface area contributed by atoms with Gasteiger partial charge in [0.1, 0.15) is 12.4 Å². The number of ether oxygens (including phenoxy) is 2. The third-order valence-electron chi connectivity index (χ3n) is 5.76. The van der Waals surface area contributed by atoms with Gasteiger partial charge in [0.2, 0.25) is 0 Å². The van der Waals surface area contributed by atoms with E-state index in [2.05, 4.69) is 21.0 Å². The third kappa shape index (κ3) is 5.75. The molecule has 9 heteroatoms. The second-order valence-electron chi connectivity index (χ2n) is 8.24. The highest BCUT2D eigenvalue weighted by Crippen LogP contribution is 2.34. The Morgan fingerprint density at radius 1 is 1.11 bits per heavy atom. The molecule has 0 aliphatic heterocycles. The molecule has 0 aliphatic rings. The van der Waals surface area contributed by atoms with Gasteiger partial charge < -0.3 is 9.47 Å². The monoisotopic (exact) mass is 587 g/mol. The summed E-state index contributed by atoms with van der Waals surface area (Å²) in [6.45, 7) is 4.34. The fraction of sp³-hybridized carbons (Fsp3) is 0.222. The highest BCUT2D eigenvalue weighted by atomic mass is 79.9. The van der Waals surface area contributed by atoms with Crippen LogP contribution < -0.4 is 15.0 Å². The minimum absolute atomic E-state index is 0.0115. The summed E-state index contributed by atoms with van der Waals surface area (Å²) in [5.41, 5.74) is 1.86. The van der Waals surface area contributed by atoms with Crippen molar-refractivity contribution in [1.82, 2.24) is 9.66 Å². The van der Waals surface area contributed by atoms with E-state index in [1.165, 1.54) is 4.68 Å². The predicted molar refractivity (Wildman–Crippen MR) is 149 cm³/mol. The molecule has 0 unspecified atom stereocenters. The zero-order chi connectivity index (χ0) is 25.8. The molecule has 186 valence electrons. The Balaban J connectivity index is 1.80. The lowest BCUT2D eigenvalue weighted by molar-refractivity contribution is 0.284. The Morgan fingerprint density at radius 2 is 1.86 bits per heavy atom. The molecule has 36 heavy (non-hydrogen) atoms. The largest absolute Gasteiger partial charge is 0.493 e. The minimum Gasteiger partial charge on any atom is -0.493 e. The van der Waals surface area contributed by atoms with Crippen molar-refractivity contribution in [3.8, 4) is 11.5 Å². The first-order valence-electron chi connectivity index (χ1n) is 11.3. The summed E-state index contributed by atoms with van der Waals surface area (Å²) in [4.78, 5) is 18.2. The summed E-state index contributed by atoms with van der Waals surface area (Å²) >= 11 is 15.8. The maximum absolute atomic E-state index is 13.5. The third-order valence-corrected chi connectivity index (χ3v) is 6.73. The number of nitrogens with zero attached hydrogens (tertiary/aromatic N) is 3. The molecule has 0 amide bonds. The minimum atomic E-state index is -0.259. The van der Waals surface area contributed by atoms with Crippen LogP contribution in [0.2, 0.25) is 10.0 Å². The van der Waals surface area contributed by atoms with E-state index in [1.54, 1.807) is 43.7 Å². The average molecular weight is 589 g/mol.